The molecule has 5 heteroatoms. The minimum Gasteiger partial charge on any atom is -0.478 e. The molecule has 0 aliphatic carbocycles. The van der Waals surface area contributed by atoms with Gasteiger partial charge in [-0.1, -0.05) is 42.5 Å². The number of aromatic nitrogens is 1. The van der Waals surface area contributed by atoms with Gasteiger partial charge in [0, 0.05) is 22.2 Å². The van der Waals surface area contributed by atoms with E-state index in [2.05, 4.69) is 4.98 Å². The van der Waals surface area contributed by atoms with Crippen LogP contribution in [0.4, 0.5) is 0 Å². The third-order valence-electron chi connectivity index (χ3n) is 4.56. The Labute approximate surface area is 171 Å². The zero-order valence-electron chi connectivity index (χ0n) is 15.9. The number of rotatable bonds is 2. The van der Waals surface area contributed by atoms with Crippen LogP contribution in [-0.4, -0.2) is 16.1 Å². The first-order valence-electron chi connectivity index (χ1n) is 9.28. The maximum atomic E-state index is 12.5. The molecule has 146 valence electrons. The molecule has 0 amide bonds. The summed E-state index contributed by atoms with van der Waals surface area (Å²) in [5, 5.41) is 10.4. The van der Waals surface area contributed by atoms with Gasteiger partial charge in [-0.25, -0.2) is 9.78 Å². The summed E-state index contributed by atoms with van der Waals surface area (Å²) < 4.78 is 5.43. The molecule has 2 aromatic heterocycles. The van der Waals surface area contributed by atoms with E-state index in [4.69, 9.17) is 9.52 Å². The summed E-state index contributed by atoms with van der Waals surface area (Å²) in [6, 6.07) is 24.0. The topological polar surface area (TPSA) is 80.4 Å². The van der Waals surface area contributed by atoms with Gasteiger partial charge in [-0.05, 0) is 48.0 Å². The number of fused-ring (bicyclic) bond motifs is 4. The molecule has 2 heterocycles. The van der Waals surface area contributed by atoms with Crippen molar-refractivity contribution in [3.8, 4) is 0 Å². The fraction of sp³-hybridized carbons (Fsp3) is 0. The van der Waals surface area contributed by atoms with E-state index in [1.165, 1.54) is 0 Å². The number of hydrogen-bond donors (Lipinski definition) is 1. The molecule has 1 N–H and O–H groups in total. The second kappa shape index (κ2) is 8.41. The normalized spacial score (nSPS) is 10.9. The summed E-state index contributed by atoms with van der Waals surface area (Å²) >= 11 is 0. The van der Waals surface area contributed by atoms with Gasteiger partial charge in [-0.2, -0.15) is 0 Å². The zero-order chi connectivity index (χ0) is 20.9. The molecular weight excluding hydrogens is 378 g/mol. The monoisotopic (exact) mass is 395 g/mol. The number of para-hydroxylation sites is 1. The van der Waals surface area contributed by atoms with Crippen molar-refractivity contribution in [1.29, 1.82) is 0 Å². The van der Waals surface area contributed by atoms with Gasteiger partial charge < -0.3 is 9.52 Å². The van der Waals surface area contributed by atoms with E-state index in [0.29, 0.717) is 16.3 Å². The fourth-order valence-corrected chi connectivity index (χ4v) is 3.17. The summed E-state index contributed by atoms with van der Waals surface area (Å²) in [4.78, 5) is 27.2. The highest BCUT2D eigenvalue weighted by molar-refractivity contribution is 6.06. The molecule has 0 spiro atoms. The van der Waals surface area contributed by atoms with Crippen molar-refractivity contribution in [3.05, 3.63) is 107 Å². The van der Waals surface area contributed by atoms with Crippen molar-refractivity contribution in [2.24, 2.45) is 0 Å². The molecule has 0 atom stereocenters. The van der Waals surface area contributed by atoms with E-state index in [0.717, 1.165) is 28.1 Å². The molecule has 0 saturated carbocycles. The second-order valence-corrected chi connectivity index (χ2v) is 6.53. The van der Waals surface area contributed by atoms with Gasteiger partial charge in [0.05, 0.1) is 17.3 Å². The summed E-state index contributed by atoms with van der Waals surface area (Å²) in [6.45, 7) is 0. The van der Waals surface area contributed by atoms with Crippen LogP contribution in [0.15, 0.2) is 100 Å². The quantitative estimate of drug-likeness (QED) is 0.250. The lowest BCUT2D eigenvalue weighted by atomic mass is 10.1. The first-order valence-corrected chi connectivity index (χ1v) is 9.28. The molecule has 0 aliphatic heterocycles. The number of carboxylic acid groups (broad SMARTS) is 1. The maximum absolute atomic E-state index is 12.5. The van der Waals surface area contributed by atoms with E-state index in [9.17, 15) is 9.59 Å². The minimum absolute atomic E-state index is 0.0198. The highest BCUT2D eigenvalue weighted by Crippen LogP contribution is 2.23. The largest absolute Gasteiger partial charge is 0.478 e. The lowest BCUT2D eigenvalue weighted by molar-refractivity contribution is -0.131. The number of aliphatic carboxylic acids is 1. The van der Waals surface area contributed by atoms with Crippen molar-refractivity contribution in [2.75, 3.05) is 0 Å². The third kappa shape index (κ3) is 3.95. The first-order chi connectivity index (χ1) is 14.6. The summed E-state index contributed by atoms with van der Waals surface area (Å²) in [5.41, 5.74) is 3.07. The average Bonchev–Trinajstić information content (AvgIpc) is 2.79. The highest BCUT2D eigenvalue weighted by atomic mass is 16.4. The van der Waals surface area contributed by atoms with E-state index < -0.39 is 5.97 Å². The first kappa shape index (κ1) is 19.1. The van der Waals surface area contributed by atoms with Crippen LogP contribution in [0.2, 0.25) is 0 Å². The van der Waals surface area contributed by atoms with E-state index in [-0.39, 0.29) is 5.43 Å². The average molecular weight is 395 g/mol. The van der Waals surface area contributed by atoms with Crippen LogP contribution < -0.4 is 5.43 Å². The van der Waals surface area contributed by atoms with Gasteiger partial charge in [0.2, 0.25) is 0 Å². The highest BCUT2D eigenvalue weighted by Gasteiger charge is 2.09. The van der Waals surface area contributed by atoms with Crippen LogP contribution in [0.25, 0.3) is 38.9 Å². The van der Waals surface area contributed by atoms with Crippen LogP contribution in [0.1, 0.15) is 5.56 Å². The molecule has 0 bridgehead atoms. The van der Waals surface area contributed by atoms with Crippen molar-refractivity contribution >= 4 is 44.8 Å². The molecule has 5 rings (SSSR count). The molecule has 5 nitrogen and oxygen atoms in total. The maximum Gasteiger partial charge on any atom is 0.328 e. The standard InChI is InChI=1S/C16H9NO2.C9H8O2/c18-16-10-4-1-2-6-13(10)17-15-11-5-3-9-19-14(11)8-7-12(15)16;10-9(11)7-6-8-4-2-1-3-5-8/h1-9H;1-7H,(H,10,11). The van der Waals surface area contributed by atoms with Gasteiger partial charge >= 0.3 is 5.97 Å². The van der Waals surface area contributed by atoms with Crippen LogP contribution in [-0.2, 0) is 4.79 Å². The van der Waals surface area contributed by atoms with Crippen LogP contribution in [0, 0.1) is 0 Å². The Kier molecular flexibility index (Phi) is 5.35. The lowest BCUT2D eigenvalue weighted by Crippen LogP contribution is -2.04. The van der Waals surface area contributed by atoms with Crippen molar-refractivity contribution in [2.45, 2.75) is 0 Å². The summed E-state index contributed by atoms with van der Waals surface area (Å²) in [7, 11) is 0. The fourth-order valence-electron chi connectivity index (χ4n) is 3.17. The Hall–Kier alpha value is -4.25. The predicted octanol–water partition coefficient (Wildman–Crippen LogP) is 5.28. The molecule has 5 aromatic rings. The number of hydrogen-bond acceptors (Lipinski definition) is 4. The van der Waals surface area contributed by atoms with Crippen LogP contribution in [0.3, 0.4) is 0 Å². The van der Waals surface area contributed by atoms with Gasteiger partial charge in [-0.3, -0.25) is 4.79 Å². The third-order valence-corrected chi connectivity index (χ3v) is 4.56. The molecule has 30 heavy (non-hydrogen) atoms. The summed E-state index contributed by atoms with van der Waals surface area (Å²) in [5.74, 6) is -0.922. The smallest absolute Gasteiger partial charge is 0.328 e. The van der Waals surface area contributed by atoms with Crippen molar-refractivity contribution in [1.82, 2.24) is 4.98 Å². The molecule has 0 radical (unpaired) electrons. The van der Waals surface area contributed by atoms with Crippen LogP contribution >= 0.6 is 0 Å². The van der Waals surface area contributed by atoms with E-state index in [1.807, 2.05) is 72.8 Å². The Morgan fingerprint density at radius 3 is 2.37 bits per heavy atom. The molecule has 3 aromatic carbocycles. The number of nitrogens with zero attached hydrogens (tertiary/aromatic N) is 1. The van der Waals surface area contributed by atoms with Gasteiger partial charge in [-0.15, -0.1) is 0 Å². The molecule has 0 fully saturated rings. The van der Waals surface area contributed by atoms with Crippen molar-refractivity contribution in [3.63, 3.8) is 0 Å². The molecular formula is C25H17NO4. The molecule has 0 unspecified atom stereocenters. The molecule has 0 aliphatic rings. The SMILES string of the molecule is O=C(O)C=Cc1ccccc1.O=c1c2ccccc2nc2c1ccc1occcc12. The Bertz CT molecular complexity index is 1440. The number of benzene rings is 3. The van der Waals surface area contributed by atoms with Gasteiger partial charge in [0.15, 0.2) is 5.43 Å². The van der Waals surface area contributed by atoms with Gasteiger partial charge in [0.25, 0.3) is 0 Å². The van der Waals surface area contributed by atoms with Gasteiger partial charge in [0.1, 0.15) is 5.58 Å². The Morgan fingerprint density at radius 1 is 0.833 bits per heavy atom. The Morgan fingerprint density at radius 2 is 1.57 bits per heavy atom. The second-order valence-electron chi connectivity index (χ2n) is 6.53. The molecule has 0 saturated heterocycles. The predicted molar refractivity (Wildman–Crippen MR) is 118 cm³/mol. The number of carbonyl (C=O) groups is 1. The Balaban J connectivity index is 0.000000170. The van der Waals surface area contributed by atoms with E-state index >= 15 is 0 Å². The van der Waals surface area contributed by atoms with E-state index in [1.54, 1.807) is 18.4 Å². The number of carboxylic acids is 1. The zero-order valence-corrected chi connectivity index (χ0v) is 15.9. The van der Waals surface area contributed by atoms with Crippen molar-refractivity contribution < 1.29 is 14.3 Å². The minimum atomic E-state index is -0.922. The summed E-state index contributed by atoms with van der Waals surface area (Å²) in [6.07, 6.45) is 4.30. The lowest BCUT2D eigenvalue weighted by Gasteiger charge is -2.03. The van der Waals surface area contributed by atoms with Crippen LogP contribution in [0.5, 0.6) is 0 Å². The number of pyridine rings is 1.